The van der Waals surface area contributed by atoms with Crippen molar-refractivity contribution < 1.29 is 14.3 Å². The number of hydrogen-bond donors (Lipinski definition) is 1. The van der Waals surface area contributed by atoms with Crippen molar-refractivity contribution in [2.45, 2.75) is 33.4 Å². The Morgan fingerprint density at radius 3 is 2.54 bits per heavy atom. The predicted molar refractivity (Wildman–Crippen MR) is 95.0 cm³/mol. The number of carbonyl (C=O) groups excluding carboxylic acids is 2. The molecule has 0 unspecified atom stereocenters. The Hall–Kier alpha value is -2.82. The zero-order valence-electron chi connectivity index (χ0n) is 14.0. The number of para-hydroxylation sites is 1. The van der Waals surface area contributed by atoms with Gasteiger partial charge in [-0.3, -0.25) is 9.59 Å². The molecule has 0 saturated carbocycles. The van der Waals surface area contributed by atoms with Gasteiger partial charge in [0.2, 0.25) is 0 Å². The van der Waals surface area contributed by atoms with Crippen LogP contribution in [0.3, 0.4) is 0 Å². The van der Waals surface area contributed by atoms with Crippen LogP contribution < -0.4 is 5.32 Å². The van der Waals surface area contributed by atoms with Crippen molar-refractivity contribution in [3.8, 4) is 0 Å². The molecule has 3 rings (SSSR count). The Morgan fingerprint density at radius 2 is 1.83 bits per heavy atom. The normalized spacial score (nSPS) is 12.3. The van der Waals surface area contributed by atoms with Gasteiger partial charge in [-0.2, -0.15) is 0 Å². The largest absolute Gasteiger partial charge is 0.453 e. The second kappa shape index (κ2) is 6.35. The predicted octanol–water partition coefficient (Wildman–Crippen LogP) is 3.70. The summed E-state index contributed by atoms with van der Waals surface area (Å²) in [6.45, 7) is 5.83. The van der Waals surface area contributed by atoms with E-state index in [0.29, 0.717) is 5.69 Å². The summed E-state index contributed by atoms with van der Waals surface area (Å²) in [5.41, 5.74) is 2.99. The maximum atomic E-state index is 12.1. The van der Waals surface area contributed by atoms with Gasteiger partial charge in [0, 0.05) is 41.0 Å². The molecule has 5 nitrogen and oxygen atoms in total. The molecule has 1 amide bonds. The van der Waals surface area contributed by atoms with Crippen molar-refractivity contribution in [2.75, 3.05) is 5.32 Å². The maximum Gasteiger partial charge on any atom is 0.303 e. The quantitative estimate of drug-likeness (QED) is 0.744. The fourth-order valence-corrected chi connectivity index (χ4v) is 3.02. The van der Waals surface area contributed by atoms with Crippen molar-refractivity contribution in [1.29, 1.82) is 0 Å². The molecule has 1 heterocycles. The average Bonchev–Trinajstić information content (AvgIpc) is 2.87. The Labute approximate surface area is 140 Å². The van der Waals surface area contributed by atoms with Crippen LogP contribution in [-0.2, 0) is 20.9 Å². The third-order valence-corrected chi connectivity index (χ3v) is 4.07. The van der Waals surface area contributed by atoms with Crippen LogP contribution in [0.4, 0.5) is 5.69 Å². The van der Waals surface area contributed by atoms with E-state index in [-0.39, 0.29) is 5.91 Å². The minimum Gasteiger partial charge on any atom is -0.453 e. The molecule has 5 heteroatoms. The zero-order chi connectivity index (χ0) is 17.3. The van der Waals surface area contributed by atoms with Crippen LogP contribution in [0.1, 0.15) is 20.8 Å². The lowest BCUT2D eigenvalue weighted by Gasteiger charge is -2.12. The van der Waals surface area contributed by atoms with Crippen molar-refractivity contribution in [1.82, 2.24) is 4.57 Å². The first-order valence-corrected chi connectivity index (χ1v) is 8.00. The summed E-state index contributed by atoms with van der Waals surface area (Å²) in [6, 6.07) is 14.0. The van der Waals surface area contributed by atoms with Gasteiger partial charge < -0.3 is 14.6 Å². The van der Waals surface area contributed by atoms with Crippen LogP contribution in [0.2, 0.25) is 0 Å². The van der Waals surface area contributed by atoms with E-state index < -0.39 is 12.1 Å². The van der Waals surface area contributed by atoms with Crippen LogP contribution in [0.25, 0.3) is 21.8 Å². The molecule has 3 aromatic rings. The number of anilines is 1. The number of benzene rings is 2. The Balaban J connectivity index is 1.98. The number of aryl methyl sites for hydroxylation is 1. The van der Waals surface area contributed by atoms with E-state index in [1.54, 1.807) is 6.92 Å². The average molecular weight is 324 g/mol. The second-order valence-electron chi connectivity index (χ2n) is 5.73. The molecule has 0 aliphatic heterocycles. The molecule has 0 fully saturated rings. The first-order chi connectivity index (χ1) is 11.5. The van der Waals surface area contributed by atoms with Crippen molar-refractivity contribution in [3.63, 3.8) is 0 Å². The molecular formula is C19H20N2O3. The highest BCUT2D eigenvalue weighted by atomic mass is 16.5. The number of carbonyl (C=O) groups is 2. The van der Waals surface area contributed by atoms with E-state index in [4.69, 9.17) is 4.74 Å². The smallest absolute Gasteiger partial charge is 0.303 e. The van der Waals surface area contributed by atoms with Crippen LogP contribution in [0.15, 0.2) is 42.5 Å². The molecule has 1 atom stereocenters. The number of ether oxygens (including phenoxy) is 1. The third kappa shape index (κ3) is 2.85. The summed E-state index contributed by atoms with van der Waals surface area (Å²) < 4.78 is 7.16. The number of esters is 1. The lowest BCUT2D eigenvalue weighted by molar-refractivity contribution is -0.150. The van der Waals surface area contributed by atoms with Gasteiger partial charge in [-0.1, -0.05) is 18.2 Å². The standard InChI is InChI=1S/C19H20N2O3/c1-4-21-17-8-6-5-7-15(17)16-11-14(9-10-18(16)21)20-19(23)12(2)24-13(3)22/h5-12H,4H2,1-3H3,(H,20,23)/t12-/m0/s1. The molecule has 0 spiro atoms. The van der Waals surface area contributed by atoms with Gasteiger partial charge in [-0.15, -0.1) is 0 Å². The monoisotopic (exact) mass is 324 g/mol. The first-order valence-electron chi connectivity index (χ1n) is 8.00. The van der Waals surface area contributed by atoms with Crippen LogP contribution in [0, 0.1) is 0 Å². The molecule has 124 valence electrons. The molecule has 0 bridgehead atoms. The number of nitrogens with one attached hydrogen (secondary N) is 1. The summed E-state index contributed by atoms with van der Waals surface area (Å²) in [5, 5.41) is 5.05. The van der Waals surface area contributed by atoms with Gasteiger partial charge in [0.15, 0.2) is 6.10 Å². The fraction of sp³-hybridized carbons (Fsp3) is 0.263. The van der Waals surface area contributed by atoms with Crippen molar-refractivity contribution in [2.24, 2.45) is 0 Å². The molecule has 1 N–H and O–H groups in total. The lowest BCUT2D eigenvalue weighted by atomic mass is 10.1. The summed E-state index contributed by atoms with van der Waals surface area (Å²) in [7, 11) is 0. The van der Waals surface area contributed by atoms with Gasteiger partial charge in [0.1, 0.15) is 0 Å². The molecule has 24 heavy (non-hydrogen) atoms. The van der Waals surface area contributed by atoms with Gasteiger partial charge in [0.25, 0.3) is 5.91 Å². The Kier molecular flexibility index (Phi) is 4.25. The second-order valence-corrected chi connectivity index (χ2v) is 5.73. The molecule has 0 radical (unpaired) electrons. The Bertz CT molecular complexity index is 927. The van der Waals surface area contributed by atoms with E-state index in [2.05, 4.69) is 28.9 Å². The fourth-order valence-electron chi connectivity index (χ4n) is 3.02. The number of fused-ring (bicyclic) bond motifs is 3. The summed E-state index contributed by atoms with van der Waals surface area (Å²) in [6.07, 6.45) is -0.824. The molecule has 0 aliphatic rings. The number of rotatable bonds is 4. The van der Waals surface area contributed by atoms with E-state index in [1.807, 2.05) is 30.3 Å². The molecule has 2 aromatic carbocycles. The van der Waals surface area contributed by atoms with E-state index in [0.717, 1.165) is 22.8 Å². The lowest BCUT2D eigenvalue weighted by Crippen LogP contribution is -2.29. The number of aromatic nitrogens is 1. The summed E-state index contributed by atoms with van der Waals surface area (Å²) in [4.78, 5) is 23.1. The number of amides is 1. The van der Waals surface area contributed by atoms with E-state index in [9.17, 15) is 9.59 Å². The first kappa shape index (κ1) is 16.1. The minimum absolute atomic E-state index is 0.344. The Morgan fingerprint density at radius 1 is 1.12 bits per heavy atom. The highest BCUT2D eigenvalue weighted by Crippen LogP contribution is 2.31. The van der Waals surface area contributed by atoms with Gasteiger partial charge in [0.05, 0.1) is 0 Å². The third-order valence-electron chi connectivity index (χ3n) is 4.07. The highest BCUT2D eigenvalue weighted by molar-refractivity contribution is 6.10. The SMILES string of the molecule is CCn1c2ccccc2c2cc(NC(=O)[C@H](C)OC(C)=O)ccc21. The van der Waals surface area contributed by atoms with Crippen molar-refractivity contribution >= 4 is 39.4 Å². The summed E-state index contributed by atoms with van der Waals surface area (Å²) >= 11 is 0. The number of hydrogen-bond acceptors (Lipinski definition) is 3. The van der Waals surface area contributed by atoms with Gasteiger partial charge in [-0.05, 0) is 38.1 Å². The van der Waals surface area contributed by atoms with E-state index in [1.165, 1.54) is 12.4 Å². The van der Waals surface area contributed by atoms with Crippen LogP contribution in [-0.4, -0.2) is 22.5 Å². The highest BCUT2D eigenvalue weighted by Gasteiger charge is 2.16. The van der Waals surface area contributed by atoms with Crippen LogP contribution >= 0.6 is 0 Å². The number of nitrogens with zero attached hydrogens (tertiary/aromatic N) is 1. The van der Waals surface area contributed by atoms with Gasteiger partial charge in [-0.25, -0.2) is 0 Å². The van der Waals surface area contributed by atoms with E-state index >= 15 is 0 Å². The van der Waals surface area contributed by atoms with Crippen LogP contribution in [0.5, 0.6) is 0 Å². The molecule has 1 aromatic heterocycles. The van der Waals surface area contributed by atoms with Gasteiger partial charge >= 0.3 is 5.97 Å². The minimum atomic E-state index is -0.824. The topological polar surface area (TPSA) is 60.3 Å². The molecule has 0 aliphatic carbocycles. The maximum absolute atomic E-state index is 12.1. The summed E-state index contributed by atoms with van der Waals surface area (Å²) in [5.74, 6) is -0.817. The molecule has 0 saturated heterocycles. The zero-order valence-corrected chi connectivity index (χ0v) is 14.0. The molecular weight excluding hydrogens is 304 g/mol. The van der Waals surface area contributed by atoms with Crippen molar-refractivity contribution in [3.05, 3.63) is 42.5 Å².